The molecule has 3 rings (SSSR count). The van der Waals surface area contributed by atoms with E-state index in [9.17, 15) is 12.8 Å². The molecule has 7 heteroatoms. The van der Waals surface area contributed by atoms with E-state index < -0.39 is 16.0 Å². The minimum atomic E-state index is -2.92. The van der Waals surface area contributed by atoms with E-state index in [1.54, 1.807) is 0 Å². The summed E-state index contributed by atoms with van der Waals surface area (Å²) in [5.74, 6) is 0.958. The standard InChI is InChI=1S/C17H31FN2O3S/c1-24(21,22)14-4-2-13(3-5-14)16-7-6-15(18)17(20-16)19-10-12-8-9-23-11-12/h12-17,19-20H,2-11H2,1H3. The number of piperidine rings is 1. The minimum absolute atomic E-state index is 0.178. The lowest BCUT2D eigenvalue weighted by Crippen LogP contribution is -2.59. The first-order valence-corrected chi connectivity index (χ1v) is 11.3. The monoisotopic (exact) mass is 362 g/mol. The average Bonchev–Trinajstić information content (AvgIpc) is 3.07. The number of sulfone groups is 1. The van der Waals surface area contributed by atoms with E-state index in [0.29, 0.717) is 24.3 Å². The first-order valence-electron chi connectivity index (χ1n) is 9.33. The van der Waals surface area contributed by atoms with Crippen molar-refractivity contribution in [3.63, 3.8) is 0 Å². The van der Waals surface area contributed by atoms with Gasteiger partial charge in [0.05, 0.1) is 18.0 Å². The highest BCUT2D eigenvalue weighted by atomic mass is 32.2. The van der Waals surface area contributed by atoms with E-state index in [1.165, 1.54) is 6.26 Å². The molecule has 0 spiro atoms. The SMILES string of the molecule is CS(=O)(=O)C1CCC(C2CCC(F)C(NCC3CCOC3)N2)CC1. The van der Waals surface area contributed by atoms with Gasteiger partial charge in [0.15, 0.2) is 0 Å². The summed E-state index contributed by atoms with van der Waals surface area (Å²) >= 11 is 0. The Labute approximate surface area is 145 Å². The highest BCUT2D eigenvalue weighted by Gasteiger charge is 2.37. The van der Waals surface area contributed by atoms with Crippen LogP contribution in [0.5, 0.6) is 0 Å². The van der Waals surface area contributed by atoms with Gasteiger partial charge in [-0.25, -0.2) is 12.8 Å². The first-order chi connectivity index (χ1) is 11.4. The minimum Gasteiger partial charge on any atom is -0.381 e. The summed E-state index contributed by atoms with van der Waals surface area (Å²) in [5, 5.41) is 6.65. The third kappa shape index (κ3) is 4.68. The average molecular weight is 363 g/mol. The Morgan fingerprint density at radius 3 is 2.50 bits per heavy atom. The maximum absolute atomic E-state index is 14.2. The molecule has 0 aromatic rings. The molecule has 2 heterocycles. The van der Waals surface area contributed by atoms with Crippen molar-refractivity contribution in [3.8, 4) is 0 Å². The summed E-state index contributed by atoms with van der Waals surface area (Å²) in [4.78, 5) is 0. The largest absolute Gasteiger partial charge is 0.381 e. The van der Waals surface area contributed by atoms with Crippen LogP contribution in [-0.2, 0) is 14.6 Å². The van der Waals surface area contributed by atoms with E-state index >= 15 is 0 Å². The van der Waals surface area contributed by atoms with Crippen LogP contribution in [-0.4, -0.2) is 58.1 Å². The molecule has 0 amide bonds. The zero-order chi connectivity index (χ0) is 17.2. The van der Waals surface area contributed by atoms with Crippen LogP contribution in [0.1, 0.15) is 44.9 Å². The number of ether oxygens (including phenoxy) is 1. The molecule has 1 aliphatic carbocycles. The van der Waals surface area contributed by atoms with Crippen LogP contribution < -0.4 is 10.6 Å². The number of halogens is 1. The molecule has 2 N–H and O–H groups in total. The predicted octanol–water partition coefficient (Wildman–Crippen LogP) is 1.63. The number of rotatable bonds is 5. The molecular weight excluding hydrogens is 331 g/mol. The highest BCUT2D eigenvalue weighted by Crippen LogP contribution is 2.33. The fraction of sp³-hybridized carbons (Fsp3) is 1.00. The smallest absolute Gasteiger partial charge is 0.150 e. The molecule has 2 saturated heterocycles. The summed E-state index contributed by atoms with van der Waals surface area (Å²) in [5.41, 5.74) is 0. The summed E-state index contributed by atoms with van der Waals surface area (Å²) < 4.78 is 43.0. The van der Waals surface area contributed by atoms with Gasteiger partial charge in [-0.2, -0.15) is 0 Å². The molecule has 4 unspecified atom stereocenters. The van der Waals surface area contributed by atoms with E-state index in [0.717, 1.165) is 58.3 Å². The van der Waals surface area contributed by atoms with Gasteiger partial charge < -0.3 is 4.74 Å². The van der Waals surface area contributed by atoms with E-state index in [4.69, 9.17) is 4.74 Å². The summed E-state index contributed by atoms with van der Waals surface area (Å²) in [6.45, 7) is 2.39. The molecule has 0 aromatic carbocycles. The molecule has 3 fully saturated rings. The van der Waals surface area contributed by atoms with Crippen LogP contribution in [0.2, 0.25) is 0 Å². The normalized spacial score (nSPS) is 41.4. The van der Waals surface area contributed by atoms with Gasteiger partial charge in [-0.1, -0.05) is 0 Å². The molecule has 0 radical (unpaired) electrons. The summed E-state index contributed by atoms with van der Waals surface area (Å²) in [7, 11) is -2.92. The van der Waals surface area contributed by atoms with Crippen molar-refractivity contribution < 1.29 is 17.5 Å². The Morgan fingerprint density at radius 2 is 1.88 bits per heavy atom. The van der Waals surface area contributed by atoms with Crippen LogP contribution in [0.15, 0.2) is 0 Å². The molecule has 3 aliphatic rings. The van der Waals surface area contributed by atoms with Gasteiger partial charge in [0.25, 0.3) is 0 Å². The number of hydrogen-bond acceptors (Lipinski definition) is 5. The second kappa shape index (κ2) is 7.98. The van der Waals surface area contributed by atoms with Gasteiger partial charge in [0, 0.05) is 25.4 Å². The van der Waals surface area contributed by atoms with Gasteiger partial charge >= 0.3 is 0 Å². The molecular formula is C17H31FN2O3S. The molecule has 4 atom stereocenters. The summed E-state index contributed by atoms with van der Waals surface area (Å²) in [6, 6.07) is 0.301. The zero-order valence-electron chi connectivity index (χ0n) is 14.5. The Kier molecular flexibility index (Phi) is 6.16. The Hall–Kier alpha value is -0.240. The molecule has 5 nitrogen and oxygen atoms in total. The topological polar surface area (TPSA) is 67.4 Å². The summed E-state index contributed by atoms with van der Waals surface area (Å²) in [6.07, 6.45) is 6.05. The van der Waals surface area contributed by atoms with Crippen LogP contribution in [0.25, 0.3) is 0 Å². The third-order valence-electron chi connectivity index (χ3n) is 6.05. The van der Waals surface area contributed by atoms with E-state index in [1.807, 2.05) is 0 Å². The molecule has 2 aliphatic heterocycles. The van der Waals surface area contributed by atoms with Crippen molar-refractivity contribution in [1.82, 2.24) is 10.6 Å². The van der Waals surface area contributed by atoms with Crippen LogP contribution >= 0.6 is 0 Å². The lowest BCUT2D eigenvalue weighted by atomic mass is 9.80. The zero-order valence-corrected chi connectivity index (χ0v) is 15.4. The van der Waals surface area contributed by atoms with Crippen molar-refractivity contribution in [2.45, 2.75) is 68.6 Å². The Bertz CT molecular complexity index is 502. The van der Waals surface area contributed by atoms with E-state index in [-0.39, 0.29) is 11.4 Å². The van der Waals surface area contributed by atoms with Gasteiger partial charge in [-0.05, 0) is 56.8 Å². The van der Waals surface area contributed by atoms with Gasteiger partial charge in [0.1, 0.15) is 16.0 Å². The lowest BCUT2D eigenvalue weighted by molar-refractivity contribution is 0.107. The van der Waals surface area contributed by atoms with Crippen molar-refractivity contribution in [2.24, 2.45) is 11.8 Å². The van der Waals surface area contributed by atoms with Crippen molar-refractivity contribution in [1.29, 1.82) is 0 Å². The molecule has 1 saturated carbocycles. The molecule has 0 bridgehead atoms. The van der Waals surface area contributed by atoms with Crippen LogP contribution in [0, 0.1) is 11.8 Å². The second-order valence-electron chi connectivity index (χ2n) is 7.85. The van der Waals surface area contributed by atoms with Gasteiger partial charge in [0.2, 0.25) is 0 Å². The van der Waals surface area contributed by atoms with Crippen LogP contribution in [0.3, 0.4) is 0 Å². The number of alkyl halides is 1. The number of hydrogen-bond donors (Lipinski definition) is 2. The molecule has 24 heavy (non-hydrogen) atoms. The number of nitrogens with one attached hydrogen (secondary N) is 2. The molecule has 140 valence electrons. The second-order valence-corrected chi connectivity index (χ2v) is 10.2. The highest BCUT2D eigenvalue weighted by molar-refractivity contribution is 7.91. The Morgan fingerprint density at radius 1 is 1.12 bits per heavy atom. The van der Waals surface area contributed by atoms with Crippen molar-refractivity contribution in [2.75, 3.05) is 26.0 Å². The quantitative estimate of drug-likeness (QED) is 0.778. The molecule has 0 aromatic heterocycles. The van der Waals surface area contributed by atoms with Crippen LogP contribution in [0.4, 0.5) is 4.39 Å². The predicted molar refractivity (Wildman–Crippen MR) is 92.4 cm³/mol. The fourth-order valence-electron chi connectivity index (χ4n) is 4.44. The Balaban J connectivity index is 1.48. The van der Waals surface area contributed by atoms with Gasteiger partial charge in [-0.15, -0.1) is 0 Å². The maximum Gasteiger partial charge on any atom is 0.150 e. The maximum atomic E-state index is 14.2. The lowest BCUT2D eigenvalue weighted by Gasteiger charge is -2.41. The fourth-order valence-corrected chi connectivity index (χ4v) is 5.57. The third-order valence-corrected chi connectivity index (χ3v) is 7.74. The first kappa shape index (κ1) is 18.5. The van der Waals surface area contributed by atoms with E-state index in [2.05, 4.69) is 10.6 Å². The van der Waals surface area contributed by atoms with Crippen molar-refractivity contribution >= 4 is 9.84 Å². The van der Waals surface area contributed by atoms with Gasteiger partial charge in [-0.3, -0.25) is 10.6 Å². The van der Waals surface area contributed by atoms with Crippen molar-refractivity contribution in [3.05, 3.63) is 0 Å².